The lowest BCUT2D eigenvalue weighted by molar-refractivity contribution is 0.461. The maximum Gasteiger partial charge on any atom is 0.225 e. The van der Waals surface area contributed by atoms with Gasteiger partial charge in [0, 0.05) is 42.3 Å². The van der Waals surface area contributed by atoms with Gasteiger partial charge in [-0.3, -0.25) is 0 Å². The summed E-state index contributed by atoms with van der Waals surface area (Å²) in [5.41, 5.74) is 3.27. The van der Waals surface area contributed by atoms with Gasteiger partial charge in [0.05, 0.1) is 0 Å². The average molecular weight is 354 g/mol. The Morgan fingerprint density at radius 1 is 1.00 bits per heavy atom. The number of aromatic nitrogens is 2. The Morgan fingerprint density at radius 2 is 1.69 bits per heavy atom. The van der Waals surface area contributed by atoms with Crippen molar-refractivity contribution in [3.8, 4) is 0 Å². The topological polar surface area (TPSA) is 53.1 Å². The number of hydrogen-bond acceptors (Lipinski definition) is 5. The summed E-state index contributed by atoms with van der Waals surface area (Å²) in [6.07, 6.45) is 6.38. The molecule has 3 rings (SSSR count). The Labute approximate surface area is 157 Å². The largest absolute Gasteiger partial charge is 0.372 e. The van der Waals surface area contributed by atoms with Crippen LogP contribution < -0.4 is 15.5 Å². The standard InChI is InChI=1S/C21H31N5/c1-4-26(5-2)19-13-11-18(12-14-19)23-20-15-16(3)22-21(25-20)24-17-9-7-6-8-10-17/h11-15,17H,4-10H2,1-3H3,(H2,22,23,24,25). The molecule has 0 radical (unpaired) electrons. The van der Waals surface area contributed by atoms with Crippen LogP contribution in [0.3, 0.4) is 0 Å². The van der Waals surface area contributed by atoms with E-state index in [0.29, 0.717) is 6.04 Å². The third kappa shape index (κ3) is 4.87. The zero-order valence-corrected chi connectivity index (χ0v) is 16.3. The Balaban J connectivity index is 1.69. The number of rotatable bonds is 7. The van der Waals surface area contributed by atoms with Gasteiger partial charge in [-0.05, 0) is 57.9 Å². The summed E-state index contributed by atoms with van der Waals surface area (Å²) >= 11 is 0. The highest BCUT2D eigenvalue weighted by Crippen LogP contribution is 2.23. The van der Waals surface area contributed by atoms with E-state index >= 15 is 0 Å². The predicted octanol–water partition coefficient (Wildman–Crippen LogP) is 5.12. The minimum Gasteiger partial charge on any atom is -0.372 e. The molecule has 5 heteroatoms. The molecule has 1 heterocycles. The van der Waals surface area contributed by atoms with Crippen LogP contribution in [0.4, 0.5) is 23.1 Å². The molecular formula is C21H31N5. The lowest BCUT2D eigenvalue weighted by Gasteiger charge is -2.23. The molecule has 1 aliphatic carbocycles. The normalized spacial score (nSPS) is 14.9. The maximum atomic E-state index is 4.67. The maximum absolute atomic E-state index is 4.67. The van der Waals surface area contributed by atoms with Crippen LogP contribution in [0.2, 0.25) is 0 Å². The molecule has 0 aliphatic heterocycles. The first-order chi connectivity index (χ1) is 12.7. The van der Waals surface area contributed by atoms with Crippen molar-refractivity contribution in [2.24, 2.45) is 0 Å². The summed E-state index contributed by atoms with van der Waals surface area (Å²) in [6, 6.07) is 11.0. The fourth-order valence-corrected chi connectivity index (χ4v) is 3.62. The molecule has 0 saturated heterocycles. The van der Waals surface area contributed by atoms with Crippen LogP contribution in [-0.4, -0.2) is 29.1 Å². The van der Waals surface area contributed by atoms with Crippen molar-refractivity contribution in [3.05, 3.63) is 36.0 Å². The smallest absolute Gasteiger partial charge is 0.225 e. The van der Waals surface area contributed by atoms with E-state index in [9.17, 15) is 0 Å². The highest BCUT2D eigenvalue weighted by molar-refractivity contribution is 5.61. The van der Waals surface area contributed by atoms with Crippen LogP contribution in [0.15, 0.2) is 30.3 Å². The lowest BCUT2D eigenvalue weighted by Crippen LogP contribution is -2.23. The highest BCUT2D eigenvalue weighted by Gasteiger charge is 2.14. The van der Waals surface area contributed by atoms with Crippen molar-refractivity contribution in [2.75, 3.05) is 28.6 Å². The molecule has 1 aromatic heterocycles. The van der Waals surface area contributed by atoms with Gasteiger partial charge in [-0.25, -0.2) is 4.98 Å². The second-order valence-corrected chi connectivity index (χ2v) is 7.04. The van der Waals surface area contributed by atoms with Crippen LogP contribution in [-0.2, 0) is 0 Å². The fraction of sp³-hybridized carbons (Fsp3) is 0.524. The van der Waals surface area contributed by atoms with Crippen LogP contribution in [0.1, 0.15) is 51.6 Å². The number of benzene rings is 1. The van der Waals surface area contributed by atoms with Crippen molar-refractivity contribution >= 4 is 23.1 Å². The van der Waals surface area contributed by atoms with E-state index in [2.05, 4.69) is 63.6 Å². The number of nitrogens with zero attached hydrogens (tertiary/aromatic N) is 3. The Bertz CT molecular complexity index is 688. The molecule has 1 fully saturated rings. The summed E-state index contributed by atoms with van der Waals surface area (Å²) in [6.45, 7) is 8.41. The van der Waals surface area contributed by atoms with Crippen molar-refractivity contribution in [1.82, 2.24) is 9.97 Å². The third-order valence-electron chi connectivity index (χ3n) is 5.06. The molecule has 2 aromatic rings. The summed E-state index contributed by atoms with van der Waals surface area (Å²) in [4.78, 5) is 11.6. The van der Waals surface area contributed by atoms with Gasteiger partial charge in [-0.15, -0.1) is 0 Å². The quantitative estimate of drug-likeness (QED) is 0.723. The summed E-state index contributed by atoms with van der Waals surface area (Å²) in [7, 11) is 0. The van der Waals surface area contributed by atoms with Gasteiger partial charge >= 0.3 is 0 Å². The molecule has 1 aliphatic rings. The van der Waals surface area contributed by atoms with Gasteiger partial charge < -0.3 is 15.5 Å². The van der Waals surface area contributed by atoms with E-state index in [1.165, 1.54) is 37.8 Å². The van der Waals surface area contributed by atoms with Crippen molar-refractivity contribution in [2.45, 2.75) is 58.9 Å². The van der Waals surface area contributed by atoms with Gasteiger partial charge in [0.1, 0.15) is 5.82 Å². The molecule has 1 aromatic carbocycles. The molecule has 5 nitrogen and oxygen atoms in total. The number of hydrogen-bond donors (Lipinski definition) is 2. The second-order valence-electron chi connectivity index (χ2n) is 7.04. The van der Waals surface area contributed by atoms with E-state index in [0.717, 1.165) is 36.2 Å². The summed E-state index contributed by atoms with van der Waals surface area (Å²) in [5, 5.41) is 6.93. The molecule has 0 spiro atoms. The zero-order valence-electron chi connectivity index (χ0n) is 16.3. The zero-order chi connectivity index (χ0) is 18.4. The Morgan fingerprint density at radius 3 is 2.35 bits per heavy atom. The number of anilines is 4. The minimum absolute atomic E-state index is 0.506. The Kier molecular flexibility index (Phi) is 6.31. The fourth-order valence-electron chi connectivity index (χ4n) is 3.62. The van der Waals surface area contributed by atoms with Gasteiger partial charge in [0.25, 0.3) is 0 Å². The average Bonchev–Trinajstić information content (AvgIpc) is 2.64. The lowest BCUT2D eigenvalue weighted by atomic mass is 9.96. The molecular weight excluding hydrogens is 322 g/mol. The highest BCUT2D eigenvalue weighted by atomic mass is 15.2. The van der Waals surface area contributed by atoms with Crippen molar-refractivity contribution in [1.29, 1.82) is 0 Å². The molecule has 0 atom stereocenters. The summed E-state index contributed by atoms with van der Waals surface area (Å²) in [5.74, 6) is 1.57. The van der Waals surface area contributed by atoms with E-state index in [-0.39, 0.29) is 0 Å². The van der Waals surface area contributed by atoms with Crippen LogP contribution in [0, 0.1) is 6.92 Å². The first kappa shape index (κ1) is 18.5. The Hall–Kier alpha value is -2.30. The predicted molar refractivity (Wildman–Crippen MR) is 111 cm³/mol. The van der Waals surface area contributed by atoms with Crippen LogP contribution in [0.25, 0.3) is 0 Å². The SMILES string of the molecule is CCN(CC)c1ccc(Nc2cc(C)nc(NC3CCCCC3)n2)cc1. The molecule has 0 unspecified atom stereocenters. The van der Waals surface area contributed by atoms with Gasteiger partial charge in [-0.1, -0.05) is 19.3 Å². The molecule has 0 bridgehead atoms. The molecule has 26 heavy (non-hydrogen) atoms. The molecule has 1 saturated carbocycles. The first-order valence-electron chi connectivity index (χ1n) is 9.92. The van der Waals surface area contributed by atoms with E-state index < -0.39 is 0 Å². The number of aryl methyl sites for hydroxylation is 1. The van der Waals surface area contributed by atoms with E-state index in [1.54, 1.807) is 0 Å². The van der Waals surface area contributed by atoms with Crippen LogP contribution in [0.5, 0.6) is 0 Å². The van der Waals surface area contributed by atoms with Gasteiger partial charge in [-0.2, -0.15) is 4.98 Å². The van der Waals surface area contributed by atoms with E-state index in [4.69, 9.17) is 0 Å². The minimum atomic E-state index is 0.506. The molecule has 0 amide bonds. The van der Waals surface area contributed by atoms with E-state index in [1.807, 2.05) is 13.0 Å². The van der Waals surface area contributed by atoms with Gasteiger partial charge in [0.15, 0.2) is 0 Å². The first-order valence-corrected chi connectivity index (χ1v) is 9.92. The monoisotopic (exact) mass is 353 g/mol. The summed E-state index contributed by atoms with van der Waals surface area (Å²) < 4.78 is 0. The van der Waals surface area contributed by atoms with Gasteiger partial charge in [0.2, 0.25) is 5.95 Å². The van der Waals surface area contributed by atoms with Crippen molar-refractivity contribution < 1.29 is 0 Å². The second kappa shape index (κ2) is 8.88. The molecule has 140 valence electrons. The van der Waals surface area contributed by atoms with Crippen molar-refractivity contribution in [3.63, 3.8) is 0 Å². The molecule has 2 N–H and O–H groups in total. The third-order valence-corrected chi connectivity index (χ3v) is 5.06. The van der Waals surface area contributed by atoms with Crippen LogP contribution >= 0.6 is 0 Å². The number of nitrogens with one attached hydrogen (secondary N) is 2.